The van der Waals surface area contributed by atoms with Crippen LogP contribution in [0.4, 0.5) is 5.69 Å². The zero-order valence-corrected chi connectivity index (χ0v) is 11.7. The highest BCUT2D eigenvalue weighted by Gasteiger charge is 2.24. The van der Waals surface area contributed by atoms with E-state index in [1.807, 2.05) is 6.92 Å². The van der Waals surface area contributed by atoms with Crippen LogP contribution in [0.3, 0.4) is 0 Å². The Kier molecular flexibility index (Phi) is 4.59. The summed E-state index contributed by atoms with van der Waals surface area (Å²) in [6, 6.07) is 4.67. The molecule has 0 radical (unpaired) electrons. The average molecular weight is 272 g/mol. The number of aliphatic hydroxyl groups is 1. The number of rotatable bonds is 4. The topological polar surface area (TPSA) is 58.6 Å². The Bertz CT molecular complexity index is 440. The van der Waals surface area contributed by atoms with E-state index in [4.69, 9.17) is 16.3 Å². The van der Waals surface area contributed by atoms with Crippen LogP contribution in [-0.4, -0.2) is 29.8 Å². The van der Waals surface area contributed by atoms with Crippen molar-refractivity contribution in [2.75, 3.05) is 12.4 Å². The van der Waals surface area contributed by atoms with Gasteiger partial charge in [-0.1, -0.05) is 11.6 Å². The van der Waals surface area contributed by atoms with Crippen LogP contribution in [0.15, 0.2) is 18.2 Å². The molecule has 1 unspecified atom stereocenters. The highest BCUT2D eigenvalue weighted by atomic mass is 35.5. The molecule has 0 aliphatic carbocycles. The molecule has 1 aromatic rings. The number of methoxy groups -OCH3 is 1. The number of carbonyl (C=O) groups excluding carboxylic acids is 1. The molecule has 0 spiro atoms. The smallest absolute Gasteiger partial charge is 0.340 e. The van der Waals surface area contributed by atoms with Gasteiger partial charge in [0.25, 0.3) is 0 Å². The van der Waals surface area contributed by atoms with Gasteiger partial charge >= 0.3 is 5.97 Å². The summed E-state index contributed by atoms with van der Waals surface area (Å²) >= 11 is 5.86. The van der Waals surface area contributed by atoms with Gasteiger partial charge in [-0.3, -0.25) is 0 Å². The highest BCUT2D eigenvalue weighted by molar-refractivity contribution is 6.31. The summed E-state index contributed by atoms with van der Waals surface area (Å²) in [6.07, 6.45) is 0. The van der Waals surface area contributed by atoms with Crippen LogP contribution in [0.1, 0.15) is 31.1 Å². The molecule has 100 valence electrons. The second-order valence-corrected chi connectivity index (χ2v) is 5.14. The summed E-state index contributed by atoms with van der Waals surface area (Å²) < 4.78 is 4.70. The molecular weight excluding hydrogens is 254 g/mol. The van der Waals surface area contributed by atoms with Gasteiger partial charge in [0.15, 0.2) is 0 Å². The van der Waals surface area contributed by atoms with Crippen molar-refractivity contribution in [3.05, 3.63) is 28.8 Å². The van der Waals surface area contributed by atoms with Crippen LogP contribution >= 0.6 is 11.6 Å². The van der Waals surface area contributed by atoms with E-state index in [0.717, 1.165) is 0 Å². The highest BCUT2D eigenvalue weighted by Crippen LogP contribution is 2.24. The predicted molar refractivity (Wildman–Crippen MR) is 72.2 cm³/mol. The number of hydrogen-bond donors (Lipinski definition) is 2. The Morgan fingerprint density at radius 2 is 2.11 bits per heavy atom. The summed E-state index contributed by atoms with van der Waals surface area (Å²) in [5.74, 6) is -0.469. The van der Waals surface area contributed by atoms with Gasteiger partial charge in [-0.05, 0) is 39.0 Å². The number of ether oxygens (including phenoxy) is 1. The molecule has 0 saturated heterocycles. The number of nitrogens with one attached hydrogen (secondary N) is 1. The number of halogens is 1. The van der Waals surface area contributed by atoms with Gasteiger partial charge in [0.2, 0.25) is 0 Å². The van der Waals surface area contributed by atoms with Gasteiger partial charge in [0.05, 0.1) is 24.3 Å². The van der Waals surface area contributed by atoms with Crippen LogP contribution < -0.4 is 5.32 Å². The predicted octanol–water partition coefficient (Wildman–Crippen LogP) is 2.70. The SMILES string of the molecule is COC(=O)c1cc(Cl)ccc1NC(C)C(C)(C)O. The lowest BCUT2D eigenvalue weighted by Gasteiger charge is -2.28. The number of anilines is 1. The van der Waals surface area contributed by atoms with Crippen LogP contribution in [0, 0.1) is 0 Å². The Morgan fingerprint density at radius 3 is 2.61 bits per heavy atom. The summed E-state index contributed by atoms with van der Waals surface area (Å²) in [6.45, 7) is 5.21. The third-order valence-corrected chi connectivity index (χ3v) is 3.05. The second-order valence-electron chi connectivity index (χ2n) is 4.70. The molecule has 18 heavy (non-hydrogen) atoms. The quantitative estimate of drug-likeness (QED) is 0.827. The molecule has 4 nitrogen and oxygen atoms in total. The Morgan fingerprint density at radius 1 is 1.50 bits per heavy atom. The van der Waals surface area contributed by atoms with Gasteiger partial charge in [0.1, 0.15) is 0 Å². The van der Waals surface area contributed by atoms with E-state index >= 15 is 0 Å². The van der Waals surface area contributed by atoms with E-state index in [9.17, 15) is 9.90 Å². The van der Waals surface area contributed by atoms with E-state index in [-0.39, 0.29) is 6.04 Å². The third kappa shape index (κ3) is 3.62. The zero-order chi connectivity index (χ0) is 13.9. The number of carbonyl (C=O) groups is 1. The second kappa shape index (κ2) is 5.59. The molecule has 1 rings (SSSR count). The standard InChI is InChI=1S/C13H18ClNO3/c1-8(13(2,3)17)15-11-6-5-9(14)7-10(11)12(16)18-4/h5-8,15,17H,1-4H3. The summed E-state index contributed by atoms with van der Waals surface area (Å²) in [5, 5.41) is 13.4. The molecule has 0 amide bonds. The van der Waals surface area contributed by atoms with E-state index in [0.29, 0.717) is 16.3 Å². The fourth-order valence-electron chi connectivity index (χ4n) is 1.33. The van der Waals surface area contributed by atoms with Crippen molar-refractivity contribution in [2.24, 2.45) is 0 Å². The molecule has 0 saturated carbocycles. The maximum Gasteiger partial charge on any atom is 0.340 e. The Labute approximate surface area is 112 Å². The van der Waals surface area contributed by atoms with E-state index < -0.39 is 11.6 Å². The molecule has 0 heterocycles. The fraction of sp³-hybridized carbons (Fsp3) is 0.462. The lowest BCUT2D eigenvalue weighted by atomic mass is 10.00. The molecular formula is C13H18ClNO3. The minimum Gasteiger partial charge on any atom is -0.465 e. The van der Waals surface area contributed by atoms with Gasteiger partial charge in [-0.2, -0.15) is 0 Å². The summed E-state index contributed by atoms with van der Waals surface area (Å²) in [4.78, 5) is 11.6. The average Bonchev–Trinajstić information content (AvgIpc) is 2.29. The maximum atomic E-state index is 11.6. The summed E-state index contributed by atoms with van der Waals surface area (Å²) in [5.41, 5.74) is 0.0227. The van der Waals surface area contributed by atoms with Crippen molar-refractivity contribution in [1.29, 1.82) is 0 Å². The maximum absolute atomic E-state index is 11.6. The molecule has 0 aromatic heterocycles. The van der Waals surface area contributed by atoms with Crippen molar-refractivity contribution in [3.8, 4) is 0 Å². The molecule has 0 fully saturated rings. The minimum absolute atomic E-state index is 0.234. The fourth-order valence-corrected chi connectivity index (χ4v) is 1.50. The van der Waals surface area contributed by atoms with Crippen LogP contribution in [-0.2, 0) is 4.74 Å². The lowest BCUT2D eigenvalue weighted by molar-refractivity contribution is 0.0593. The molecule has 5 heteroatoms. The van der Waals surface area contributed by atoms with Gasteiger partial charge in [-0.15, -0.1) is 0 Å². The van der Waals surface area contributed by atoms with Gasteiger partial charge in [0, 0.05) is 10.7 Å². The number of hydrogen-bond acceptors (Lipinski definition) is 4. The monoisotopic (exact) mass is 271 g/mol. The van der Waals surface area contributed by atoms with Crippen molar-refractivity contribution < 1.29 is 14.6 Å². The van der Waals surface area contributed by atoms with Crippen molar-refractivity contribution >= 4 is 23.3 Å². The first-order valence-corrected chi connectivity index (χ1v) is 6.00. The molecule has 0 aliphatic rings. The minimum atomic E-state index is -0.910. The van der Waals surface area contributed by atoms with Gasteiger partial charge in [-0.25, -0.2) is 4.79 Å². The van der Waals surface area contributed by atoms with E-state index in [1.165, 1.54) is 13.2 Å². The number of benzene rings is 1. The zero-order valence-electron chi connectivity index (χ0n) is 11.0. The van der Waals surface area contributed by atoms with Crippen molar-refractivity contribution in [1.82, 2.24) is 0 Å². The molecule has 1 atom stereocenters. The van der Waals surface area contributed by atoms with Crippen LogP contribution in [0.25, 0.3) is 0 Å². The Balaban J connectivity index is 3.05. The van der Waals surface area contributed by atoms with Crippen LogP contribution in [0.5, 0.6) is 0 Å². The molecule has 0 bridgehead atoms. The summed E-state index contributed by atoms with van der Waals surface area (Å²) in [7, 11) is 1.31. The molecule has 1 aromatic carbocycles. The first kappa shape index (κ1) is 14.8. The van der Waals surface area contributed by atoms with E-state index in [2.05, 4.69) is 5.32 Å². The number of esters is 1. The molecule has 0 aliphatic heterocycles. The normalized spacial score (nSPS) is 13.0. The molecule has 2 N–H and O–H groups in total. The first-order chi connectivity index (χ1) is 8.25. The third-order valence-electron chi connectivity index (χ3n) is 2.82. The Hall–Kier alpha value is -1.26. The first-order valence-electron chi connectivity index (χ1n) is 5.62. The largest absolute Gasteiger partial charge is 0.465 e. The van der Waals surface area contributed by atoms with Crippen LogP contribution in [0.2, 0.25) is 5.02 Å². The lowest BCUT2D eigenvalue weighted by Crippen LogP contribution is -2.39. The van der Waals surface area contributed by atoms with Gasteiger partial charge < -0.3 is 15.2 Å². The van der Waals surface area contributed by atoms with E-state index in [1.54, 1.807) is 26.0 Å². The van der Waals surface area contributed by atoms with Crippen molar-refractivity contribution in [3.63, 3.8) is 0 Å². The van der Waals surface area contributed by atoms with Crippen molar-refractivity contribution in [2.45, 2.75) is 32.4 Å².